The van der Waals surface area contributed by atoms with Crippen LogP contribution in [0.15, 0.2) is 30.3 Å². The van der Waals surface area contributed by atoms with E-state index in [-0.39, 0.29) is 18.1 Å². The quantitative estimate of drug-likeness (QED) is 0.587. The molecule has 0 spiro atoms. The van der Waals surface area contributed by atoms with Gasteiger partial charge in [0.1, 0.15) is 11.5 Å². The van der Waals surface area contributed by atoms with Gasteiger partial charge >= 0.3 is 0 Å². The largest absolute Gasteiger partial charge is 0.494 e. The third-order valence-electron chi connectivity index (χ3n) is 2.95. The lowest BCUT2D eigenvalue weighted by atomic mass is 10.1. The molecular weight excluding hydrogens is 230 g/mol. The summed E-state index contributed by atoms with van der Waals surface area (Å²) in [6.45, 7) is 1.81. The molecule has 1 heterocycles. The Morgan fingerprint density at radius 2 is 1.94 bits per heavy atom. The Kier molecular flexibility index (Phi) is 4.34. The average molecular weight is 247 g/mol. The lowest BCUT2D eigenvalue weighted by molar-refractivity contribution is -0.139. The third-order valence-corrected chi connectivity index (χ3v) is 2.95. The Labute approximate surface area is 107 Å². The van der Waals surface area contributed by atoms with Gasteiger partial charge in [0, 0.05) is 19.5 Å². The Morgan fingerprint density at radius 3 is 2.67 bits per heavy atom. The zero-order chi connectivity index (χ0) is 12.8. The molecule has 0 bridgehead atoms. The molecule has 4 heteroatoms. The highest BCUT2D eigenvalue weighted by molar-refractivity contribution is 6.00. The molecule has 2 rings (SSSR count). The van der Waals surface area contributed by atoms with E-state index in [1.807, 2.05) is 30.3 Å². The highest BCUT2D eigenvalue weighted by atomic mass is 16.5. The second-order valence-electron chi connectivity index (χ2n) is 4.36. The van der Waals surface area contributed by atoms with Crippen molar-refractivity contribution in [3.8, 4) is 5.75 Å². The van der Waals surface area contributed by atoms with Crippen LogP contribution in [-0.2, 0) is 9.59 Å². The summed E-state index contributed by atoms with van der Waals surface area (Å²) >= 11 is 0. The number of hydrogen-bond donors (Lipinski definition) is 0. The van der Waals surface area contributed by atoms with Crippen molar-refractivity contribution in [2.45, 2.75) is 19.3 Å². The zero-order valence-electron chi connectivity index (χ0n) is 10.3. The molecule has 0 unspecified atom stereocenters. The van der Waals surface area contributed by atoms with E-state index in [0.717, 1.165) is 12.2 Å². The van der Waals surface area contributed by atoms with Gasteiger partial charge in [-0.3, -0.25) is 9.59 Å². The van der Waals surface area contributed by atoms with Gasteiger partial charge in [-0.2, -0.15) is 0 Å². The molecule has 18 heavy (non-hydrogen) atoms. The number of piperidine rings is 1. The number of carbonyl (C=O) groups excluding carboxylic acids is 2. The van der Waals surface area contributed by atoms with Gasteiger partial charge in [0.2, 0.25) is 5.91 Å². The minimum absolute atomic E-state index is 0.0500. The predicted octanol–water partition coefficient (Wildman–Crippen LogP) is 1.65. The molecule has 96 valence electrons. The van der Waals surface area contributed by atoms with E-state index in [4.69, 9.17) is 4.74 Å². The van der Waals surface area contributed by atoms with Crippen molar-refractivity contribution in [3.05, 3.63) is 30.3 Å². The van der Waals surface area contributed by atoms with Crippen LogP contribution in [0.5, 0.6) is 5.75 Å². The molecule has 0 saturated carbocycles. The number of carbonyl (C=O) groups is 2. The molecule has 0 aliphatic carbocycles. The second kappa shape index (κ2) is 6.19. The summed E-state index contributed by atoms with van der Waals surface area (Å²) in [5, 5.41) is 0. The van der Waals surface area contributed by atoms with E-state index in [0.29, 0.717) is 26.1 Å². The van der Waals surface area contributed by atoms with Gasteiger partial charge in [0.15, 0.2) is 0 Å². The van der Waals surface area contributed by atoms with Gasteiger partial charge < -0.3 is 9.64 Å². The van der Waals surface area contributed by atoms with Crippen LogP contribution in [0.1, 0.15) is 19.3 Å². The number of benzene rings is 1. The van der Waals surface area contributed by atoms with E-state index in [1.54, 1.807) is 4.90 Å². The summed E-state index contributed by atoms with van der Waals surface area (Å²) in [5.74, 6) is 0.848. The molecule has 1 aromatic rings. The van der Waals surface area contributed by atoms with E-state index in [2.05, 4.69) is 0 Å². The first kappa shape index (κ1) is 12.6. The molecule has 0 radical (unpaired) electrons. The molecule has 0 N–H and O–H groups in total. The Balaban J connectivity index is 1.67. The fourth-order valence-electron chi connectivity index (χ4n) is 1.95. The summed E-state index contributed by atoms with van der Waals surface area (Å²) in [6, 6.07) is 9.61. The molecule has 1 fully saturated rings. The zero-order valence-corrected chi connectivity index (χ0v) is 10.3. The summed E-state index contributed by atoms with van der Waals surface area (Å²) in [6.07, 6.45) is 1.35. The van der Waals surface area contributed by atoms with Crippen molar-refractivity contribution < 1.29 is 14.3 Å². The number of ketones is 1. The topological polar surface area (TPSA) is 46.6 Å². The monoisotopic (exact) mass is 247 g/mol. The van der Waals surface area contributed by atoms with Crippen LogP contribution in [0.25, 0.3) is 0 Å². The van der Waals surface area contributed by atoms with Crippen LogP contribution in [0, 0.1) is 0 Å². The number of rotatable bonds is 5. The van der Waals surface area contributed by atoms with Gasteiger partial charge in [0.05, 0.1) is 13.0 Å². The Morgan fingerprint density at radius 1 is 1.17 bits per heavy atom. The van der Waals surface area contributed by atoms with Crippen molar-refractivity contribution in [1.82, 2.24) is 4.90 Å². The van der Waals surface area contributed by atoms with Crippen LogP contribution in [0.3, 0.4) is 0 Å². The molecule has 1 aliphatic heterocycles. The predicted molar refractivity (Wildman–Crippen MR) is 67.4 cm³/mol. The maximum Gasteiger partial charge on any atom is 0.230 e. The van der Waals surface area contributed by atoms with Crippen molar-refractivity contribution in [2.24, 2.45) is 0 Å². The molecule has 1 aliphatic rings. The van der Waals surface area contributed by atoms with Gasteiger partial charge in [0.25, 0.3) is 0 Å². The van der Waals surface area contributed by atoms with Crippen LogP contribution >= 0.6 is 0 Å². The van der Waals surface area contributed by atoms with Crippen LogP contribution in [0.4, 0.5) is 0 Å². The van der Waals surface area contributed by atoms with Crippen LogP contribution in [-0.4, -0.2) is 36.3 Å². The van der Waals surface area contributed by atoms with Crippen molar-refractivity contribution in [3.63, 3.8) is 0 Å². The minimum atomic E-state index is -0.0500. The molecular formula is C14H17NO3. The normalized spacial score (nSPS) is 15.9. The Hall–Kier alpha value is -1.84. The minimum Gasteiger partial charge on any atom is -0.494 e. The second-order valence-corrected chi connectivity index (χ2v) is 4.36. The molecule has 4 nitrogen and oxygen atoms in total. The van der Waals surface area contributed by atoms with Crippen LogP contribution in [0.2, 0.25) is 0 Å². The van der Waals surface area contributed by atoms with E-state index < -0.39 is 0 Å². The van der Waals surface area contributed by atoms with Gasteiger partial charge in [-0.15, -0.1) is 0 Å². The number of Topliss-reactive ketones (excluding diaryl/α,β-unsaturated/α-hetero) is 1. The summed E-state index contributed by atoms with van der Waals surface area (Å²) in [4.78, 5) is 24.3. The fourth-order valence-corrected chi connectivity index (χ4v) is 1.95. The lowest BCUT2D eigenvalue weighted by Gasteiger charge is -2.25. The van der Waals surface area contributed by atoms with Gasteiger partial charge in [-0.25, -0.2) is 0 Å². The average Bonchev–Trinajstić information content (AvgIpc) is 2.38. The summed E-state index contributed by atoms with van der Waals surface area (Å²) in [5.41, 5.74) is 0. The Bertz CT molecular complexity index is 416. The number of amides is 1. The number of nitrogens with zero attached hydrogens (tertiary/aromatic N) is 1. The standard InChI is InChI=1S/C14H17NO3/c16-12-7-9-15(14(17)11-12)8-4-10-18-13-5-2-1-3-6-13/h1-3,5-6H,4,7-11H2. The van der Waals surface area contributed by atoms with E-state index in [9.17, 15) is 9.59 Å². The van der Waals surface area contributed by atoms with E-state index in [1.165, 1.54) is 0 Å². The van der Waals surface area contributed by atoms with E-state index >= 15 is 0 Å². The number of ether oxygens (including phenoxy) is 1. The maximum absolute atomic E-state index is 11.5. The summed E-state index contributed by atoms with van der Waals surface area (Å²) in [7, 11) is 0. The fraction of sp³-hybridized carbons (Fsp3) is 0.429. The van der Waals surface area contributed by atoms with Gasteiger partial charge in [-0.05, 0) is 18.6 Å². The van der Waals surface area contributed by atoms with Crippen molar-refractivity contribution in [2.75, 3.05) is 19.7 Å². The molecule has 1 amide bonds. The first-order valence-electron chi connectivity index (χ1n) is 6.23. The SMILES string of the molecule is O=C1CCN(CCCOc2ccccc2)C(=O)C1. The maximum atomic E-state index is 11.5. The highest BCUT2D eigenvalue weighted by Gasteiger charge is 2.22. The molecule has 0 atom stereocenters. The number of hydrogen-bond acceptors (Lipinski definition) is 3. The number of para-hydroxylation sites is 1. The first-order chi connectivity index (χ1) is 8.75. The van der Waals surface area contributed by atoms with Crippen molar-refractivity contribution >= 4 is 11.7 Å². The molecule has 0 aromatic heterocycles. The third kappa shape index (κ3) is 3.58. The highest BCUT2D eigenvalue weighted by Crippen LogP contribution is 2.10. The number of likely N-dealkylation sites (tertiary alicyclic amines) is 1. The first-order valence-corrected chi connectivity index (χ1v) is 6.23. The van der Waals surface area contributed by atoms with Gasteiger partial charge in [-0.1, -0.05) is 18.2 Å². The van der Waals surface area contributed by atoms with Crippen LogP contribution < -0.4 is 4.74 Å². The smallest absolute Gasteiger partial charge is 0.230 e. The summed E-state index contributed by atoms with van der Waals surface area (Å²) < 4.78 is 5.55. The van der Waals surface area contributed by atoms with Crippen molar-refractivity contribution in [1.29, 1.82) is 0 Å². The lowest BCUT2D eigenvalue weighted by Crippen LogP contribution is -2.39. The molecule has 1 saturated heterocycles. The molecule has 1 aromatic carbocycles.